The third kappa shape index (κ3) is 5.79. The molecule has 1 aromatic carbocycles. The molecule has 4 heteroatoms. The smallest absolute Gasteiger partial charge is 0.295 e. The second-order valence-electron chi connectivity index (χ2n) is 6.80. The van der Waals surface area contributed by atoms with Crippen LogP contribution in [0.5, 0.6) is 0 Å². The quantitative estimate of drug-likeness (QED) is 0.545. The van der Waals surface area contributed by atoms with Crippen LogP contribution in [0, 0.1) is 0 Å². The first-order valence-electron chi connectivity index (χ1n) is 8.24. The van der Waals surface area contributed by atoms with E-state index in [1.54, 1.807) is 24.1 Å². The van der Waals surface area contributed by atoms with Gasteiger partial charge in [0, 0.05) is 25.8 Å². The van der Waals surface area contributed by atoms with Gasteiger partial charge in [0.25, 0.3) is 5.91 Å². The van der Waals surface area contributed by atoms with Crippen molar-refractivity contribution >= 4 is 11.7 Å². The number of ether oxygens (including phenoxy) is 1. The minimum atomic E-state index is -0.447. The molecule has 0 bridgehead atoms. The zero-order valence-electron chi connectivity index (χ0n) is 15.0. The van der Waals surface area contributed by atoms with Crippen molar-refractivity contribution < 1.29 is 14.3 Å². The molecule has 0 saturated carbocycles. The van der Waals surface area contributed by atoms with Crippen LogP contribution in [-0.2, 0) is 14.9 Å². The van der Waals surface area contributed by atoms with Crippen LogP contribution in [-0.4, -0.2) is 43.4 Å². The maximum absolute atomic E-state index is 12.5. The van der Waals surface area contributed by atoms with Crippen LogP contribution >= 0.6 is 0 Å². The molecule has 0 saturated heterocycles. The number of carbonyl (C=O) groups is 2. The number of nitrogens with zero attached hydrogens (tertiary/aromatic N) is 1. The fraction of sp³-hybridized carbons (Fsp3) is 0.579. The van der Waals surface area contributed by atoms with Gasteiger partial charge in [0.2, 0.25) is 5.78 Å². The predicted molar refractivity (Wildman–Crippen MR) is 92.8 cm³/mol. The van der Waals surface area contributed by atoms with E-state index in [0.717, 1.165) is 18.4 Å². The second kappa shape index (κ2) is 8.82. The number of benzene rings is 1. The highest BCUT2D eigenvalue weighted by Crippen LogP contribution is 2.22. The van der Waals surface area contributed by atoms with Gasteiger partial charge in [-0.25, -0.2) is 0 Å². The average Bonchev–Trinajstić information content (AvgIpc) is 2.53. The van der Waals surface area contributed by atoms with E-state index in [2.05, 4.69) is 27.7 Å². The molecule has 1 rings (SSSR count). The number of rotatable bonds is 8. The van der Waals surface area contributed by atoms with E-state index < -0.39 is 11.7 Å². The van der Waals surface area contributed by atoms with Gasteiger partial charge in [-0.3, -0.25) is 9.59 Å². The molecule has 0 fully saturated rings. The van der Waals surface area contributed by atoms with Crippen molar-refractivity contribution in [3.63, 3.8) is 0 Å². The van der Waals surface area contributed by atoms with E-state index in [9.17, 15) is 9.59 Å². The molecule has 0 aliphatic heterocycles. The third-order valence-electron chi connectivity index (χ3n) is 3.84. The van der Waals surface area contributed by atoms with Gasteiger partial charge in [-0.1, -0.05) is 58.4 Å². The summed E-state index contributed by atoms with van der Waals surface area (Å²) < 4.78 is 5.04. The van der Waals surface area contributed by atoms with Crippen LogP contribution in [0.25, 0.3) is 0 Å². The first-order chi connectivity index (χ1) is 10.8. The van der Waals surface area contributed by atoms with Gasteiger partial charge in [-0.05, 0) is 17.4 Å². The van der Waals surface area contributed by atoms with Crippen LogP contribution in [0.1, 0.15) is 56.5 Å². The van der Waals surface area contributed by atoms with Gasteiger partial charge in [0.1, 0.15) is 0 Å². The molecule has 0 N–H and O–H groups in total. The Hall–Kier alpha value is -1.68. The summed E-state index contributed by atoms with van der Waals surface area (Å²) in [6.07, 6.45) is 1.86. The molecule has 0 unspecified atom stereocenters. The number of methoxy groups -OCH3 is 1. The Kier molecular flexibility index (Phi) is 7.43. The summed E-state index contributed by atoms with van der Waals surface area (Å²) >= 11 is 0. The van der Waals surface area contributed by atoms with Gasteiger partial charge >= 0.3 is 0 Å². The lowest BCUT2D eigenvalue weighted by Crippen LogP contribution is -2.39. The largest absolute Gasteiger partial charge is 0.383 e. The van der Waals surface area contributed by atoms with Crippen LogP contribution in [0.3, 0.4) is 0 Å². The molecular formula is C19H29NO3. The number of carbonyl (C=O) groups excluding carboxylic acids is 2. The minimum Gasteiger partial charge on any atom is -0.383 e. The van der Waals surface area contributed by atoms with Crippen molar-refractivity contribution in [2.75, 3.05) is 26.8 Å². The summed E-state index contributed by atoms with van der Waals surface area (Å²) in [5.41, 5.74) is 1.61. The van der Waals surface area contributed by atoms with E-state index in [1.807, 2.05) is 12.1 Å². The van der Waals surface area contributed by atoms with Crippen LogP contribution in [0.4, 0.5) is 0 Å². The molecular weight excluding hydrogens is 290 g/mol. The minimum absolute atomic E-state index is 0.0250. The molecule has 0 aromatic heterocycles. The Labute approximate surface area is 139 Å². The van der Waals surface area contributed by atoms with E-state index in [-0.39, 0.29) is 5.41 Å². The lowest BCUT2D eigenvalue weighted by atomic mass is 9.86. The van der Waals surface area contributed by atoms with Crippen LogP contribution in [0.2, 0.25) is 0 Å². The molecule has 128 valence electrons. The average molecular weight is 319 g/mol. The number of Topliss-reactive ketones (excluding diaryl/α,β-unsaturated/α-hetero) is 1. The Bertz CT molecular complexity index is 506. The van der Waals surface area contributed by atoms with Gasteiger partial charge in [-0.2, -0.15) is 0 Å². The van der Waals surface area contributed by atoms with Gasteiger partial charge in [-0.15, -0.1) is 0 Å². The lowest BCUT2D eigenvalue weighted by molar-refractivity contribution is -0.127. The van der Waals surface area contributed by atoms with Crippen LogP contribution in [0.15, 0.2) is 24.3 Å². The Morgan fingerprint density at radius 3 is 2.17 bits per heavy atom. The van der Waals surface area contributed by atoms with Crippen LogP contribution < -0.4 is 0 Å². The van der Waals surface area contributed by atoms with Crippen molar-refractivity contribution in [3.8, 4) is 0 Å². The van der Waals surface area contributed by atoms with E-state index in [1.165, 1.54) is 0 Å². The molecule has 4 nitrogen and oxygen atoms in total. The molecule has 0 heterocycles. The normalized spacial score (nSPS) is 11.3. The topological polar surface area (TPSA) is 46.6 Å². The van der Waals surface area contributed by atoms with Gasteiger partial charge < -0.3 is 9.64 Å². The number of hydrogen-bond acceptors (Lipinski definition) is 3. The second-order valence-corrected chi connectivity index (χ2v) is 6.80. The summed E-state index contributed by atoms with van der Waals surface area (Å²) in [6.45, 7) is 9.88. The van der Waals surface area contributed by atoms with Gasteiger partial charge in [0.15, 0.2) is 0 Å². The number of hydrogen-bond donors (Lipinski definition) is 0. The monoisotopic (exact) mass is 319 g/mol. The van der Waals surface area contributed by atoms with Crippen molar-refractivity contribution in [1.82, 2.24) is 4.90 Å². The maximum atomic E-state index is 12.5. The lowest BCUT2D eigenvalue weighted by Gasteiger charge is -2.22. The summed E-state index contributed by atoms with van der Waals surface area (Å²) in [6, 6.07) is 7.34. The number of unbranched alkanes of at least 4 members (excludes halogenated alkanes) is 1. The SMILES string of the molecule is CCCCN(CCOC)C(=O)C(=O)c1ccc(C(C)(C)C)cc1. The Morgan fingerprint density at radius 1 is 1.09 bits per heavy atom. The maximum Gasteiger partial charge on any atom is 0.295 e. The molecule has 23 heavy (non-hydrogen) atoms. The molecule has 0 aliphatic carbocycles. The first-order valence-corrected chi connectivity index (χ1v) is 8.24. The van der Waals surface area contributed by atoms with Crippen molar-refractivity contribution in [1.29, 1.82) is 0 Å². The first kappa shape index (κ1) is 19.4. The number of ketones is 1. The standard InChI is InChI=1S/C19H29NO3/c1-6-7-12-20(13-14-23-5)18(22)17(21)15-8-10-16(11-9-15)19(2,3)4/h8-11H,6-7,12-14H2,1-5H3. The Morgan fingerprint density at radius 2 is 1.70 bits per heavy atom. The highest BCUT2D eigenvalue weighted by molar-refractivity contribution is 6.42. The summed E-state index contributed by atoms with van der Waals surface area (Å²) in [4.78, 5) is 26.5. The highest BCUT2D eigenvalue weighted by atomic mass is 16.5. The van der Waals surface area contributed by atoms with Gasteiger partial charge in [0.05, 0.1) is 6.61 Å². The number of amides is 1. The highest BCUT2D eigenvalue weighted by Gasteiger charge is 2.23. The van der Waals surface area contributed by atoms with Crippen molar-refractivity contribution in [2.24, 2.45) is 0 Å². The molecule has 0 aliphatic rings. The molecule has 0 spiro atoms. The molecule has 0 radical (unpaired) electrons. The Balaban J connectivity index is 2.85. The predicted octanol–water partition coefficient (Wildman–Crippen LogP) is 3.44. The van der Waals surface area contributed by atoms with E-state index in [4.69, 9.17) is 4.74 Å². The summed E-state index contributed by atoms with van der Waals surface area (Å²) in [5, 5.41) is 0. The van der Waals surface area contributed by atoms with E-state index in [0.29, 0.717) is 25.3 Å². The molecule has 0 atom stereocenters. The fourth-order valence-electron chi connectivity index (χ4n) is 2.25. The van der Waals surface area contributed by atoms with E-state index >= 15 is 0 Å². The fourth-order valence-corrected chi connectivity index (χ4v) is 2.25. The summed E-state index contributed by atoms with van der Waals surface area (Å²) in [5.74, 6) is -0.892. The van der Waals surface area contributed by atoms with Crippen molar-refractivity contribution in [2.45, 2.75) is 46.0 Å². The zero-order valence-corrected chi connectivity index (χ0v) is 15.0. The third-order valence-corrected chi connectivity index (χ3v) is 3.84. The summed E-state index contributed by atoms with van der Waals surface area (Å²) in [7, 11) is 1.59. The van der Waals surface area contributed by atoms with Crippen molar-refractivity contribution in [3.05, 3.63) is 35.4 Å². The molecule has 1 amide bonds. The molecule has 1 aromatic rings. The zero-order chi connectivity index (χ0) is 17.5.